The van der Waals surface area contributed by atoms with Gasteiger partial charge in [-0.1, -0.05) is 0 Å². The standard InChI is InChI=1S/C13H13F2NO4.Fm/c1-16(8-17)11(13(18)19)3-2-6-20-12-5-4-9(14)7-10(12)15;/h4-5,7H,2-3,6H2,1H3,(H,18,19);. The van der Waals surface area contributed by atoms with Gasteiger partial charge in [-0.05, 0) is 25.0 Å². The maximum Gasteiger partial charge on any atom is 0.310 e. The molecule has 0 bridgehead atoms. The van der Waals surface area contributed by atoms with Gasteiger partial charge in [0.25, 0.3) is 6.41 Å². The molecule has 0 fully saturated rings. The molecule has 5 nitrogen and oxygen atoms in total. The molecule has 0 heterocycles. The Hall–Kier alpha value is -3.31. The number of halogens is 2. The fourth-order valence-electron chi connectivity index (χ4n) is 1.49. The summed E-state index contributed by atoms with van der Waals surface area (Å²) in [7, 11) is 1.27. The third-order valence-corrected chi connectivity index (χ3v) is 2.50. The van der Waals surface area contributed by atoms with Gasteiger partial charge in [0.05, 0.1) is 6.61 Å². The minimum Gasteiger partial charge on any atom is -0.491 e. The third kappa shape index (κ3) is 5.06. The summed E-state index contributed by atoms with van der Waals surface area (Å²) in [5.41, 5.74) is -0.136. The Bertz CT molecular complexity index is 549. The first kappa shape index (κ1) is 17.7. The van der Waals surface area contributed by atoms with Gasteiger partial charge in [-0.3, -0.25) is 4.79 Å². The van der Waals surface area contributed by atoms with Crippen molar-refractivity contribution in [3.05, 3.63) is 29.8 Å². The van der Waals surface area contributed by atoms with Crippen molar-refractivity contribution in [1.29, 1.82) is 0 Å². The first-order valence-electron chi connectivity index (χ1n) is 5.74. The van der Waals surface area contributed by atoms with E-state index in [0.717, 1.165) is 16.7 Å². The first-order valence-corrected chi connectivity index (χ1v) is 5.74. The average molecular weight is 542 g/mol. The predicted octanol–water partition coefficient (Wildman–Crippen LogP) is 1.36. The van der Waals surface area contributed by atoms with Crippen LogP contribution in [0.1, 0.15) is 12.8 Å². The molecule has 0 aliphatic rings. The van der Waals surface area contributed by atoms with Gasteiger partial charge in [-0.2, -0.15) is 0 Å². The van der Waals surface area contributed by atoms with Crippen molar-refractivity contribution in [3.8, 4) is 5.75 Å². The summed E-state index contributed by atoms with van der Waals surface area (Å²) in [6, 6.07) is 2.90. The van der Waals surface area contributed by atoms with E-state index in [-0.39, 0.29) is 30.9 Å². The normalized spacial score (nSPS) is 11.2. The maximum absolute atomic E-state index is 13.2. The van der Waals surface area contributed by atoms with Crippen molar-refractivity contribution in [2.24, 2.45) is 0 Å². The van der Waals surface area contributed by atoms with Crippen molar-refractivity contribution >= 4 is 18.1 Å². The van der Waals surface area contributed by atoms with Crippen molar-refractivity contribution < 1.29 is 32.8 Å². The minimum atomic E-state index is -1.23. The number of benzene rings is 1. The summed E-state index contributed by atoms with van der Waals surface area (Å²) >= 11 is 0. The van der Waals surface area contributed by atoms with E-state index in [2.05, 4.69) is 0 Å². The van der Waals surface area contributed by atoms with Crippen molar-refractivity contribution in [2.45, 2.75) is 12.8 Å². The van der Waals surface area contributed by atoms with Gasteiger partial charge >= 0.3 is 5.97 Å². The molecule has 8 heteroatoms. The van der Waals surface area contributed by atoms with Crippen LogP contribution in [0.4, 0.5) is 8.78 Å². The molecular formula is C13H13F2FmNO4. The molecule has 1 N–H and O–H groups in total. The largest absolute Gasteiger partial charge is 0.491 e. The Labute approximate surface area is 114 Å². The Balaban J connectivity index is 0.00000400. The molecule has 0 radical (unpaired) electrons. The fourth-order valence-corrected chi connectivity index (χ4v) is 1.49. The molecule has 120 valence electrons. The van der Waals surface area contributed by atoms with Crippen LogP contribution in [-0.2, 0) is 9.59 Å². The number of ether oxygens (including phenoxy) is 1. The van der Waals surface area contributed by atoms with Crippen LogP contribution in [0.5, 0.6) is 5.75 Å². The molecule has 0 aromatic heterocycles. The van der Waals surface area contributed by atoms with Crippen molar-refractivity contribution in [2.75, 3.05) is 13.7 Å². The van der Waals surface area contributed by atoms with Gasteiger partial charge in [0.1, 0.15) is 18.6 Å². The molecule has 0 saturated carbocycles. The van der Waals surface area contributed by atoms with E-state index in [9.17, 15) is 18.4 Å². The maximum atomic E-state index is 13.2. The average Bonchev–Trinajstić information content (AvgIpc) is 2.39. The summed E-state index contributed by atoms with van der Waals surface area (Å²) in [5.74, 6) is -2.88. The smallest absolute Gasteiger partial charge is 0.310 e. The fraction of sp³-hybridized carbons (Fsp3) is 0.308. The number of hydrogen-bond donors (Lipinski definition) is 1. The quantitative estimate of drug-likeness (QED) is 0.186. The van der Waals surface area contributed by atoms with E-state index in [1.54, 1.807) is 0 Å². The predicted molar refractivity (Wildman–Crippen MR) is 65.6 cm³/mol. The van der Waals surface area contributed by atoms with E-state index in [4.69, 9.17) is 9.84 Å². The summed E-state index contributed by atoms with van der Waals surface area (Å²) in [6.07, 6.45) is 1.76. The van der Waals surface area contributed by atoms with Gasteiger partial charge in [0, 0.05) is 6.07 Å². The molecule has 0 spiro atoms. The van der Waals surface area contributed by atoms with Gasteiger partial charge in [-0.15, -0.1) is 0 Å². The van der Waals surface area contributed by atoms with Crippen LogP contribution in [0.15, 0.2) is 18.2 Å². The number of rotatable bonds is 7. The van der Waals surface area contributed by atoms with Crippen LogP contribution in [0.25, 0.3) is 0 Å². The zero-order valence-corrected chi connectivity index (χ0v) is 13.4. The van der Waals surface area contributed by atoms with Gasteiger partial charge in [0.15, 0.2) is 11.6 Å². The van der Waals surface area contributed by atoms with Crippen LogP contribution < -0.4 is 4.74 Å². The third-order valence-electron chi connectivity index (χ3n) is 2.50. The number of carbonyl (C=O) groups excluding carboxylic acids is 1. The Morgan fingerprint density at radius 2 is 2.10 bits per heavy atom. The van der Waals surface area contributed by atoms with E-state index in [1.165, 1.54) is 13.5 Å². The molecule has 0 aliphatic carbocycles. The number of carboxylic acids is 1. The number of amides is 1. The number of hydrogen-bond acceptors (Lipinski definition) is 3. The summed E-state index contributed by atoms with van der Waals surface area (Å²) in [5, 5.41) is 8.87. The molecule has 1 aromatic carbocycles. The van der Waals surface area contributed by atoms with E-state index in [0.29, 0.717) is 6.07 Å². The SMILES string of the molecule is C[N+]([C-]=O)=C(CCCOc1ccc(F)cc1F)C(=O)O.[Fm]. The molecule has 1 rings (SSSR count). The van der Waals surface area contributed by atoms with Crippen LogP contribution >= 0.6 is 0 Å². The zero-order chi connectivity index (χ0) is 15.1. The second kappa shape index (κ2) is 7.98. The van der Waals surface area contributed by atoms with Gasteiger partial charge in [-0.25, -0.2) is 8.78 Å². The Kier molecular flexibility index (Phi) is 6.72. The summed E-state index contributed by atoms with van der Waals surface area (Å²) in [4.78, 5) is 21.2. The Morgan fingerprint density at radius 3 is 2.62 bits per heavy atom. The van der Waals surface area contributed by atoms with E-state index < -0.39 is 17.6 Å². The minimum absolute atomic E-state index is 0. The summed E-state index contributed by atoms with van der Waals surface area (Å²) in [6.45, 7) is 0.0338. The Morgan fingerprint density at radius 1 is 1.43 bits per heavy atom. The zero-order valence-electron chi connectivity index (χ0n) is 11.0. The second-order valence-corrected chi connectivity index (χ2v) is 3.93. The van der Waals surface area contributed by atoms with Crippen LogP contribution in [0.2, 0.25) is 0 Å². The number of nitrogens with zero attached hydrogens (tertiary/aromatic N) is 1. The topological polar surface area (TPSA) is 66.6 Å². The molecule has 1 amide bonds. The van der Waals surface area contributed by atoms with E-state index in [1.807, 2.05) is 0 Å². The molecule has 1 aromatic rings. The van der Waals surface area contributed by atoms with Crippen LogP contribution in [0.3, 0.4) is 0 Å². The number of aliphatic carboxylic acids is 1. The second-order valence-electron chi connectivity index (χ2n) is 3.93. The molecule has 0 saturated heterocycles. The molecule has 0 aliphatic heterocycles. The van der Waals surface area contributed by atoms with Crippen molar-refractivity contribution in [1.82, 2.24) is 0 Å². The van der Waals surface area contributed by atoms with Gasteiger partial charge in [0.2, 0.25) is 0 Å². The molecule has 0 unspecified atom stereocenters. The summed E-state index contributed by atoms with van der Waals surface area (Å²) < 4.78 is 31.8. The van der Waals surface area contributed by atoms with Gasteiger partial charge < -0.3 is 19.2 Å². The van der Waals surface area contributed by atoms with Crippen LogP contribution in [-0.4, -0.2) is 41.4 Å². The molecule has 0 atom stereocenters. The van der Waals surface area contributed by atoms with Crippen molar-refractivity contribution in [3.63, 3.8) is 0 Å². The monoisotopic (exact) mass is 542 g/mol. The van der Waals surface area contributed by atoms with E-state index >= 15 is 0 Å². The first-order chi connectivity index (χ1) is 9.45. The number of carbonyl (C=O) groups is 1. The molecular weight excluding hydrogens is 529 g/mol. The molecule has 21 heavy (non-hydrogen) atoms. The number of carboxylic acid groups (broad SMARTS) is 1. The van der Waals surface area contributed by atoms with Crippen LogP contribution in [0, 0.1) is 11.6 Å².